The molecule has 4 aromatic rings. The van der Waals surface area contributed by atoms with E-state index >= 15 is 0 Å². The molecule has 0 bridgehead atoms. The van der Waals surface area contributed by atoms with E-state index in [1.54, 1.807) is 11.3 Å². The molecule has 4 nitrogen and oxygen atoms in total. The first-order chi connectivity index (χ1) is 15.1. The lowest BCUT2D eigenvalue weighted by Crippen LogP contribution is -2.35. The summed E-state index contributed by atoms with van der Waals surface area (Å²) in [4.78, 5) is 13.2. The van der Waals surface area contributed by atoms with Crippen LogP contribution in [0.15, 0.2) is 48.8 Å². The summed E-state index contributed by atoms with van der Waals surface area (Å²) in [5, 5.41) is 2.45. The minimum Gasteiger partial charge on any atom is -0.355 e. The topological polar surface area (TPSA) is 34.0 Å². The SMILES string of the molecule is Cc1ncc(Cn2c(C)c(C)c3ccnc(N4CCC(Cc5ccccc5)CC4)c32)s1. The largest absolute Gasteiger partial charge is 0.355 e. The molecule has 1 aliphatic rings. The highest BCUT2D eigenvalue weighted by Crippen LogP contribution is 2.34. The molecule has 5 heteroatoms. The van der Waals surface area contributed by atoms with E-state index in [9.17, 15) is 0 Å². The highest BCUT2D eigenvalue weighted by molar-refractivity contribution is 7.11. The molecule has 1 saturated heterocycles. The van der Waals surface area contributed by atoms with E-state index in [-0.39, 0.29) is 0 Å². The molecule has 1 fully saturated rings. The quantitative estimate of drug-likeness (QED) is 0.394. The lowest BCUT2D eigenvalue weighted by atomic mass is 9.90. The van der Waals surface area contributed by atoms with Crippen LogP contribution in [0, 0.1) is 26.7 Å². The molecule has 31 heavy (non-hydrogen) atoms. The minimum absolute atomic E-state index is 0.758. The third-order valence-corrected chi connectivity index (χ3v) is 7.69. The Bertz CT molecular complexity index is 1180. The molecule has 0 aliphatic carbocycles. The Morgan fingerprint density at radius 1 is 1.00 bits per heavy atom. The van der Waals surface area contributed by atoms with E-state index in [4.69, 9.17) is 4.98 Å². The number of aromatic nitrogens is 3. The third kappa shape index (κ3) is 3.99. The number of fused-ring (bicyclic) bond motifs is 1. The lowest BCUT2D eigenvalue weighted by molar-refractivity contribution is 0.402. The van der Waals surface area contributed by atoms with Crippen LogP contribution in [-0.4, -0.2) is 27.6 Å². The Morgan fingerprint density at radius 2 is 1.77 bits per heavy atom. The van der Waals surface area contributed by atoms with Crippen LogP contribution < -0.4 is 4.90 Å². The predicted molar refractivity (Wildman–Crippen MR) is 130 cm³/mol. The summed E-state index contributed by atoms with van der Waals surface area (Å²) in [6, 6.07) is 13.1. The summed E-state index contributed by atoms with van der Waals surface area (Å²) < 4.78 is 2.45. The molecule has 1 aliphatic heterocycles. The summed E-state index contributed by atoms with van der Waals surface area (Å²) in [6.45, 7) is 9.57. The zero-order valence-electron chi connectivity index (χ0n) is 18.6. The summed E-state index contributed by atoms with van der Waals surface area (Å²) in [5.41, 5.74) is 5.43. The molecule has 4 heterocycles. The van der Waals surface area contributed by atoms with Crippen LogP contribution in [0.5, 0.6) is 0 Å². The van der Waals surface area contributed by atoms with Gasteiger partial charge in [0, 0.05) is 41.4 Å². The number of hydrogen-bond donors (Lipinski definition) is 0. The molecular formula is C26H30N4S. The molecule has 0 unspecified atom stereocenters. The van der Waals surface area contributed by atoms with Gasteiger partial charge in [0.15, 0.2) is 5.82 Å². The van der Waals surface area contributed by atoms with Crippen molar-refractivity contribution in [2.45, 2.75) is 46.6 Å². The van der Waals surface area contributed by atoms with Crippen molar-refractivity contribution in [1.82, 2.24) is 14.5 Å². The molecule has 0 amide bonds. The Balaban J connectivity index is 1.42. The van der Waals surface area contributed by atoms with Crippen LogP contribution in [0.4, 0.5) is 5.82 Å². The second-order valence-corrected chi connectivity index (χ2v) is 10.1. The Hall–Kier alpha value is -2.66. The van der Waals surface area contributed by atoms with Crippen molar-refractivity contribution in [3.63, 3.8) is 0 Å². The second-order valence-electron chi connectivity index (χ2n) is 8.79. The van der Waals surface area contributed by atoms with Gasteiger partial charge in [-0.1, -0.05) is 30.3 Å². The smallest absolute Gasteiger partial charge is 0.153 e. The fourth-order valence-electron chi connectivity index (χ4n) is 4.94. The van der Waals surface area contributed by atoms with Crippen LogP contribution >= 0.6 is 11.3 Å². The van der Waals surface area contributed by atoms with Crippen molar-refractivity contribution < 1.29 is 0 Å². The average molecular weight is 431 g/mol. The maximum absolute atomic E-state index is 4.89. The van der Waals surface area contributed by atoms with E-state index in [0.717, 1.165) is 36.4 Å². The summed E-state index contributed by atoms with van der Waals surface area (Å²) >= 11 is 1.79. The number of anilines is 1. The maximum atomic E-state index is 4.89. The summed E-state index contributed by atoms with van der Waals surface area (Å²) in [6.07, 6.45) is 7.64. The summed E-state index contributed by atoms with van der Waals surface area (Å²) in [7, 11) is 0. The van der Waals surface area contributed by atoms with Crippen molar-refractivity contribution >= 4 is 28.1 Å². The van der Waals surface area contributed by atoms with Crippen molar-refractivity contribution in [1.29, 1.82) is 0 Å². The van der Waals surface area contributed by atoms with Gasteiger partial charge in [0.1, 0.15) is 0 Å². The zero-order chi connectivity index (χ0) is 21.4. The molecule has 0 atom stereocenters. The number of rotatable bonds is 5. The average Bonchev–Trinajstić information content (AvgIpc) is 3.31. The number of aryl methyl sites for hydroxylation is 2. The van der Waals surface area contributed by atoms with Crippen molar-refractivity contribution in [3.8, 4) is 0 Å². The van der Waals surface area contributed by atoms with Gasteiger partial charge in [-0.3, -0.25) is 0 Å². The van der Waals surface area contributed by atoms with Gasteiger partial charge in [-0.05, 0) is 63.1 Å². The van der Waals surface area contributed by atoms with E-state index in [1.165, 1.54) is 51.9 Å². The zero-order valence-corrected chi connectivity index (χ0v) is 19.5. The molecule has 1 aromatic carbocycles. The monoisotopic (exact) mass is 430 g/mol. The number of nitrogens with zero attached hydrogens (tertiary/aromatic N) is 4. The Morgan fingerprint density at radius 3 is 2.48 bits per heavy atom. The first-order valence-corrected chi connectivity index (χ1v) is 12.1. The normalized spacial score (nSPS) is 15.1. The first kappa shape index (κ1) is 20.3. The van der Waals surface area contributed by atoms with E-state index in [0.29, 0.717) is 0 Å². The number of hydrogen-bond acceptors (Lipinski definition) is 4. The Kier molecular flexibility index (Phi) is 5.53. The molecule has 0 radical (unpaired) electrons. The third-order valence-electron chi connectivity index (χ3n) is 6.79. The van der Waals surface area contributed by atoms with Gasteiger partial charge < -0.3 is 9.47 Å². The van der Waals surface area contributed by atoms with E-state index in [2.05, 4.69) is 71.6 Å². The van der Waals surface area contributed by atoms with Gasteiger partial charge in [0.05, 0.1) is 17.1 Å². The maximum Gasteiger partial charge on any atom is 0.153 e. The fourth-order valence-corrected chi connectivity index (χ4v) is 5.72. The van der Waals surface area contributed by atoms with Gasteiger partial charge in [-0.2, -0.15) is 0 Å². The van der Waals surface area contributed by atoms with Crippen molar-refractivity contribution in [2.75, 3.05) is 18.0 Å². The molecule has 5 rings (SSSR count). The predicted octanol–water partition coefficient (Wildman–Crippen LogP) is 5.93. The molecule has 0 N–H and O–H groups in total. The number of thiazole rings is 1. The Labute approximate surface area is 188 Å². The molecule has 0 spiro atoms. The highest BCUT2D eigenvalue weighted by Gasteiger charge is 2.24. The number of pyridine rings is 1. The lowest BCUT2D eigenvalue weighted by Gasteiger charge is -2.33. The van der Waals surface area contributed by atoms with Gasteiger partial charge in [-0.25, -0.2) is 9.97 Å². The van der Waals surface area contributed by atoms with Crippen molar-refractivity contribution in [2.24, 2.45) is 5.92 Å². The van der Waals surface area contributed by atoms with Gasteiger partial charge in [0.2, 0.25) is 0 Å². The fraction of sp³-hybridized carbons (Fsp3) is 0.385. The molecule has 0 saturated carbocycles. The van der Waals surface area contributed by atoms with Gasteiger partial charge in [-0.15, -0.1) is 11.3 Å². The number of benzene rings is 1. The van der Waals surface area contributed by atoms with Gasteiger partial charge in [0.25, 0.3) is 0 Å². The molecule has 160 valence electrons. The standard InChI is InChI=1S/C26H30N4S/c1-18-19(2)30(17-23-16-28-20(3)31-23)25-24(18)9-12-27-26(25)29-13-10-22(11-14-29)15-21-7-5-4-6-8-21/h4-9,12,16,22H,10-11,13-15,17H2,1-3H3. The van der Waals surface area contributed by atoms with Crippen LogP contribution in [0.25, 0.3) is 10.9 Å². The minimum atomic E-state index is 0.758. The van der Waals surface area contributed by atoms with E-state index < -0.39 is 0 Å². The van der Waals surface area contributed by atoms with Gasteiger partial charge >= 0.3 is 0 Å². The second kappa shape index (κ2) is 8.46. The van der Waals surface area contributed by atoms with Crippen LogP contribution in [0.2, 0.25) is 0 Å². The number of piperidine rings is 1. The molecule has 3 aromatic heterocycles. The van der Waals surface area contributed by atoms with Crippen LogP contribution in [0.3, 0.4) is 0 Å². The van der Waals surface area contributed by atoms with Crippen LogP contribution in [0.1, 0.15) is 39.5 Å². The van der Waals surface area contributed by atoms with Crippen LogP contribution in [-0.2, 0) is 13.0 Å². The van der Waals surface area contributed by atoms with E-state index in [1.807, 2.05) is 12.4 Å². The summed E-state index contributed by atoms with van der Waals surface area (Å²) in [5.74, 6) is 1.90. The first-order valence-electron chi connectivity index (χ1n) is 11.2. The molecular weight excluding hydrogens is 400 g/mol. The van der Waals surface area contributed by atoms with Crippen molar-refractivity contribution in [3.05, 3.63) is 75.5 Å². The highest BCUT2D eigenvalue weighted by atomic mass is 32.1.